The van der Waals surface area contributed by atoms with Crippen molar-refractivity contribution < 1.29 is 9.84 Å². The van der Waals surface area contributed by atoms with Gasteiger partial charge >= 0.3 is 0 Å². The van der Waals surface area contributed by atoms with Crippen LogP contribution in [0.25, 0.3) is 22.4 Å². The summed E-state index contributed by atoms with van der Waals surface area (Å²) in [6, 6.07) is 21.2. The number of rotatable bonds is 7. The summed E-state index contributed by atoms with van der Waals surface area (Å²) in [5.74, 6) is 1.57. The Kier molecular flexibility index (Phi) is 6.32. The van der Waals surface area contributed by atoms with Gasteiger partial charge in [-0.3, -0.25) is 9.20 Å². The van der Waals surface area contributed by atoms with E-state index in [0.29, 0.717) is 22.1 Å². The second kappa shape index (κ2) is 9.56. The van der Waals surface area contributed by atoms with Gasteiger partial charge in [0, 0.05) is 5.75 Å². The molecule has 2 aromatic heterocycles. The smallest absolute Gasteiger partial charge is 0.267 e. The second-order valence-corrected chi connectivity index (χ2v) is 9.64. The Morgan fingerprint density at radius 1 is 0.971 bits per heavy atom. The summed E-state index contributed by atoms with van der Waals surface area (Å²) in [7, 11) is 0. The molecule has 178 valence electrons. The predicted molar refractivity (Wildman–Crippen MR) is 139 cm³/mol. The fraction of sp³-hybridized carbons (Fsp3) is 0.222. The topological polar surface area (TPSA) is 81.7 Å². The Morgan fingerprint density at radius 3 is 2.51 bits per heavy atom. The molecule has 1 N–H and O–H groups in total. The molecule has 5 aromatic rings. The van der Waals surface area contributed by atoms with E-state index in [1.54, 1.807) is 4.57 Å². The zero-order valence-electron chi connectivity index (χ0n) is 19.8. The Bertz CT molecular complexity index is 1570. The van der Waals surface area contributed by atoms with Crippen LogP contribution in [0, 0.1) is 20.8 Å². The van der Waals surface area contributed by atoms with Crippen LogP contribution < -0.4 is 10.3 Å². The van der Waals surface area contributed by atoms with Crippen LogP contribution >= 0.6 is 11.8 Å². The Labute approximate surface area is 207 Å². The number of nitrogens with zero attached hydrogens (tertiary/aromatic N) is 4. The minimum Gasteiger partial charge on any atom is -0.491 e. The minimum atomic E-state index is -0.707. The van der Waals surface area contributed by atoms with Crippen molar-refractivity contribution in [2.75, 3.05) is 12.4 Å². The zero-order valence-corrected chi connectivity index (χ0v) is 20.6. The Hall–Kier alpha value is -3.62. The SMILES string of the molecule is Cc1ccc(-n2c(=O)c3ccccc3n3c(SCC(O)COc4cc(C)ccc4C)nnc23)cc1. The van der Waals surface area contributed by atoms with E-state index in [1.807, 2.05) is 91.9 Å². The van der Waals surface area contributed by atoms with Crippen LogP contribution in [-0.2, 0) is 0 Å². The molecule has 0 saturated carbocycles. The van der Waals surface area contributed by atoms with Crippen molar-refractivity contribution in [3.05, 3.63) is 93.8 Å². The van der Waals surface area contributed by atoms with Gasteiger partial charge in [-0.1, -0.05) is 53.7 Å². The Morgan fingerprint density at radius 2 is 1.71 bits per heavy atom. The number of fused-ring (bicyclic) bond motifs is 3. The van der Waals surface area contributed by atoms with Gasteiger partial charge in [0.2, 0.25) is 5.78 Å². The van der Waals surface area contributed by atoms with Crippen LogP contribution in [0.15, 0.2) is 76.7 Å². The summed E-state index contributed by atoms with van der Waals surface area (Å²) in [6.07, 6.45) is -0.707. The van der Waals surface area contributed by atoms with Crippen molar-refractivity contribution in [3.8, 4) is 11.4 Å². The predicted octanol–water partition coefficient (Wildman–Crippen LogP) is 4.49. The lowest BCUT2D eigenvalue weighted by Gasteiger charge is -2.14. The van der Waals surface area contributed by atoms with Crippen LogP contribution in [0.5, 0.6) is 5.75 Å². The molecule has 0 fully saturated rings. The lowest BCUT2D eigenvalue weighted by atomic mass is 10.1. The van der Waals surface area contributed by atoms with E-state index in [2.05, 4.69) is 10.2 Å². The summed E-state index contributed by atoms with van der Waals surface area (Å²) in [5, 5.41) is 20.5. The standard InChI is InChI=1S/C27H26N4O3S/c1-17-9-12-20(13-10-17)30-25(33)22-6-4-5-7-23(22)31-26(30)28-29-27(31)35-16-21(32)15-34-24-14-18(2)8-11-19(24)3/h4-14,21,32H,15-16H2,1-3H3. The lowest BCUT2D eigenvalue weighted by Crippen LogP contribution is -2.22. The number of thioether (sulfide) groups is 1. The van der Waals surface area contributed by atoms with Gasteiger partial charge in [0.15, 0.2) is 5.16 Å². The highest BCUT2D eigenvalue weighted by molar-refractivity contribution is 7.99. The average molecular weight is 487 g/mol. The molecule has 3 aromatic carbocycles. The number of aliphatic hydroxyl groups excluding tert-OH is 1. The van der Waals surface area contributed by atoms with Gasteiger partial charge < -0.3 is 9.84 Å². The summed E-state index contributed by atoms with van der Waals surface area (Å²) < 4.78 is 9.31. The molecular weight excluding hydrogens is 460 g/mol. The monoisotopic (exact) mass is 486 g/mol. The highest BCUT2D eigenvalue weighted by Gasteiger charge is 2.19. The number of para-hydroxylation sites is 1. The molecular formula is C27H26N4O3S. The molecule has 0 amide bonds. The third-order valence-electron chi connectivity index (χ3n) is 5.87. The number of benzene rings is 3. The molecule has 0 aliphatic rings. The van der Waals surface area contributed by atoms with Crippen molar-refractivity contribution in [2.24, 2.45) is 0 Å². The van der Waals surface area contributed by atoms with Crippen molar-refractivity contribution in [2.45, 2.75) is 32.0 Å². The van der Waals surface area contributed by atoms with Crippen molar-refractivity contribution in [3.63, 3.8) is 0 Å². The van der Waals surface area contributed by atoms with Crippen LogP contribution in [0.2, 0.25) is 0 Å². The second-order valence-electron chi connectivity index (χ2n) is 8.66. The number of hydrogen-bond acceptors (Lipinski definition) is 6. The first-order valence-electron chi connectivity index (χ1n) is 11.4. The van der Waals surface area contributed by atoms with Crippen molar-refractivity contribution in [1.29, 1.82) is 0 Å². The normalized spacial score (nSPS) is 12.3. The number of ether oxygens (including phenoxy) is 1. The van der Waals surface area contributed by atoms with Crippen LogP contribution in [0.1, 0.15) is 16.7 Å². The maximum Gasteiger partial charge on any atom is 0.267 e. The summed E-state index contributed by atoms with van der Waals surface area (Å²) in [6.45, 7) is 6.17. The minimum absolute atomic E-state index is 0.150. The highest BCUT2D eigenvalue weighted by atomic mass is 32.2. The first-order chi connectivity index (χ1) is 16.9. The molecule has 0 aliphatic carbocycles. The van der Waals surface area contributed by atoms with E-state index in [-0.39, 0.29) is 12.2 Å². The van der Waals surface area contributed by atoms with Crippen molar-refractivity contribution >= 4 is 28.4 Å². The van der Waals surface area contributed by atoms with E-state index < -0.39 is 6.10 Å². The molecule has 0 radical (unpaired) electrons. The summed E-state index contributed by atoms with van der Waals surface area (Å²) in [5.41, 5.74) is 4.54. The molecule has 0 aliphatic heterocycles. The molecule has 0 bridgehead atoms. The van der Waals surface area contributed by atoms with Crippen LogP contribution in [-0.4, -0.2) is 42.7 Å². The maximum absolute atomic E-state index is 13.4. The van der Waals surface area contributed by atoms with E-state index in [1.165, 1.54) is 11.8 Å². The molecule has 8 heteroatoms. The average Bonchev–Trinajstić information content (AvgIpc) is 3.28. The molecule has 1 atom stereocenters. The Balaban J connectivity index is 1.46. The first kappa shape index (κ1) is 23.1. The van der Waals surface area contributed by atoms with Gasteiger partial charge in [0.25, 0.3) is 5.56 Å². The number of aromatic nitrogens is 4. The van der Waals surface area contributed by atoms with Crippen LogP contribution in [0.4, 0.5) is 0 Å². The van der Waals surface area contributed by atoms with Crippen molar-refractivity contribution in [1.82, 2.24) is 19.2 Å². The largest absolute Gasteiger partial charge is 0.491 e. The van der Waals surface area contributed by atoms with E-state index in [9.17, 15) is 9.90 Å². The molecule has 0 saturated heterocycles. The molecule has 35 heavy (non-hydrogen) atoms. The third kappa shape index (κ3) is 4.54. The van der Waals surface area contributed by atoms with Gasteiger partial charge in [0.1, 0.15) is 12.4 Å². The van der Waals surface area contributed by atoms with Crippen LogP contribution in [0.3, 0.4) is 0 Å². The first-order valence-corrected chi connectivity index (χ1v) is 12.4. The van der Waals surface area contributed by atoms with E-state index >= 15 is 0 Å². The fourth-order valence-electron chi connectivity index (χ4n) is 3.97. The fourth-order valence-corrected chi connectivity index (χ4v) is 4.81. The van der Waals surface area contributed by atoms with Gasteiger partial charge in [0.05, 0.1) is 22.7 Å². The van der Waals surface area contributed by atoms with E-state index in [0.717, 1.165) is 33.6 Å². The van der Waals surface area contributed by atoms with Gasteiger partial charge in [-0.25, -0.2) is 4.57 Å². The highest BCUT2D eigenvalue weighted by Crippen LogP contribution is 2.24. The number of aliphatic hydroxyl groups is 1. The summed E-state index contributed by atoms with van der Waals surface area (Å²) >= 11 is 1.38. The summed E-state index contributed by atoms with van der Waals surface area (Å²) in [4.78, 5) is 13.4. The zero-order chi connectivity index (χ0) is 24.5. The third-order valence-corrected chi connectivity index (χ3v) is 6.94. The van der Waals surface area contributed by atoms with Gasteiger partial charge in [-0.2, -0.15) is 0 Å². The molecule has 5 rings (SSSR count). The maximum atomic E-state index is 13.4. The quantitative estimate of drug-likeness (QED) is 0.342. The number of hydrogen-bond donors (Lipinski definition) is 1. The molecule has 2 heterocycles. The molecule has 0 spiro atoms. The van der Waals surface area contributed by atoms with Gasteiger partial charge in [-0.15, -0.1) is 10.2 Å². The van der Waals surface area contributed by atoms with E-state index in [4.69, 9.17) is 4.74 Å². The molecule has 7 nitrogen and oxygen atoms in total. The lowest BCUT2D eigenvalue weighted by molar-refractivity contribution is 0.126. The number of aryl methyl sites for hydroxylation is 3. The molecule has 1 unspecified atom stereocenters. The van der Waals surface area contributed by atoms with Gasteiger partial charge in [-0.05, 0) is 62.2 Å².